The molecule has 1 aliphatic rings. The molecule has 1 fully saturated rings. The van der Waals surface area contributed by atoms with E-state index in [1.807, 2.05) is 4.90 Å². The van der Waals surface area contributed by atoms with Gasteiger partial charge in [0, 0.05) is 13.1 Å². The maximum Gasteiger partial charge on any atom is 0.241 e. The molecule has 1 saturated heterocycles. The highest BCUT2D eigenvalue weighted by Crippen LogP contribution is 2.21. The molecule has 0 unspecified atom stereocenters. The Morgan fingerprint density at radius 1 is 1.25 bits per heavy atom. The number of carbonyl (C=O) groups is 1. The number of rotatable bonds is 5. The van der Waals surface area contributed by atoms with Crippen LogP contribution in [0.2, 0.25) is 0 Å². The second-order valence-corrected chi connectivity index (χ2v) is 7.09. The fourth-order valence-electron chi connectivity index (χ4n) is 2.29. The average Bonchev–Trinajstić information content (AvgIpc) is 2.99. The summed E-state index contributed by atoms with van der Waals surface area (Å²) in [6.45, 7) is 3.35. The summed E-state index contributed by atoms with van der Waals surface area (Å²) in [5.74, 6) is 0.0670. The maximum atomic E-state index is 12.0. The molecule has 1 aromatic carbocycles. The molecule has 1 aromatic rings. The lowest BCUT2D eigenvalue weighted by atomic mass is 10.3. The Kier molecular flexibility index (Phi) is 4.65. The standard InChI is InChI=1S/C14H20N2O3S/c1-2-20(18,19)13-8-4-3-7-12(13)15-11-14(17)16-9-5-6-10-16/h3-4,7-8,15H,2,5-6,9-11H2,1H3. The number of nitrogens with one attached hydrogen (secondary N) is 1. The zero-order valence-corrected chi connectivity index (χ0v) is 12.4. The van der Waals surface area contributed by atoms with Crippen LogP contribution in [0, 0.1) is 0 Å². The van der Waals surface area contributed by atoms with Crippen molar-refractivity contribution >= 4 is 21.4 Å². The predicted molar refractivity (Wildman–Crippen MR) is 78.5 cm³/mol. The quantitative estimate of drug-likeness (QED) is 0.894. The Labute approximate surface area is 119 Å². The molecular formula is C14H20N2O3S. The Balaban J connectivity index is 2.08. The second kappa shape index (κ2) is 6.26. The van der Waals surface area contributed by atoms with E-state index in [1.54, 1.807) is 31.2 Å². The zero-order chi connectivity index (χ0) is 14.6. The van der Waals surface area contributed by atoms with Crippen molar-refractivity contribution in [3.05, 3.63) is 24.3 Å². The van der Waals surface area contributed by atoms with Gasteiger partial charge in [-0.15, -0.1) is 0 Å². The van der Waals surface area contributed by atoms with E-state index in [4.69, 9.17) is 0 Å². The first-order chi connectivity index (χ1) is 9.54. The minimum absolute atomic E-state index is 0.0196. The van der Waals surface area contributed by atoms with Gasteiger partial charge in [0.1, 0.15) is 0 Å². The third-order valence-electron chi connectivity index (χ3n) is 3.49. The lowest BCUT2D eigenvalue weighted by Gasteiger charge is -2.17. The van der Waals surface area contributed by atoms with Crippen LogP contribution in [0.25, 0.3) is 0 Å². The fourth-order valence-corrected chi connectivity index (χ4v) is 3.36. The van der Waals surface area contributed by atoms with Gasteiger partial charge in [0.25, 0.3) is 0 Å². The molecule has 0 atom stereocenters. The Bertz CT molecular complexity index is 578. The molecule has 2 rings (SSSR count). The van der Waals surface area contributed by atoms with E-state index in [9.17, 15) is 13.2 Å². The molecule has 1 N–H and O–H groups in total. The number of likely N-dealkylation sites (tertiary alicyclic amines) is 1. The number of sulfone groups is 1. The minimum atomic E-state index is -3.28. The van der Waals surface area contributed by atoms with E-state index in [0.717, 1.165) is 25.9 Å². The SMILES string of the molecule is CCS(=O)(=O)c1ccccc1NCC(=O)N1CCCC1. The Morgan fingerprint density at radius 2 is 1.90 bits per heavy atom. The summed E-state index contributed by atoms with van der Waals surface area (Å²) in [6, 6.07) is 6.72. The number of para-hydroxylation sites is 1. The van der Waals surface area contributed by atoms with Crippen LogP contribution in [0.1, 0.15) is 19.8 Å². The van der Waals surface area contributed by atoms with Crippen molar-refractivity contribution in [1.82, 2.24) is 4.90 Å². The van der Waals surface area contributed by atoms with Crippen LogP contribution in [0.4, 0.5) is 5.69 Å². The normalized spacial score (nSPS) is 15.3. The number of hydrogen-bond donors (Lipinski definition) is 1. The van der Waals surface area contributed by atoms with Crippen molar-refractivity contribution in [1.29, 1.82) is 0 Å². The van der Waals surface area contributed by atoms with E-state index in [0.29, 0.717) is 5.69 Å². The first-order valence-corrected chi connectivity index (χ1v) is 8.53. The topological polar surface area (TPSA) is 66.5 Å². The third kappa shape index (κ3) is 3.30. The van der Waals surface area contributed by atoms with Gasteiger partial charge in [0.2, 0.25) is 5.91 Å². The lowest BCUT2D eigenvalue weighted by Crippen LogP contribution is -2.33. The summed E-state index contributed by atoms with van der Waals surface area (Å²) in [7, 11) is -3.28. The smallest absolute Gasteiger partial charge is 0.241 e. The van der Waals surface area contributed by atoms with Gasteiger partial charge in [-0.2, -0.15) is 0 Å². The first kappa shape index (κ1) is 14.8. The van der Waals surface area contributed by atoms with E-state index in [-0.39, 0.29) is 23.1 Å². The number of nitrogens with zero attached hydrogens (tertiary/aromatic N) is 1. The third-order valence-corrected chi connectivity index (χ3v) is 5.28. The van der Waals surface area contributed by atoms with Gasteiger partial charge in [-0.25, -0.2) is 8.42 Å². The predicted octanol–water partition coefficient (Wildman–Crippen LogP) is 1.51. The first-order valence-electron chi connectivity index (χ1n) is 6.88. The molecule has 20 heavy (non-hydrogen) atoms. The molecule has 1 aliphatic heterocycles. The van der Waals surface area contributed by atoms with Crippen molar-refractivity contribution in [2.24, 2.45) is 0 Å². The van der Waals surface area contributed by atoms with Crippen LogP contribution < -0.4 is 5.32 Å². The number of carbonyl (C=O) groups excluding carboxylic acids is 1. The highest BCUT2D eigenvalue weighted by molar-refractivity contribution is 7.91. The van der Waals surface area contributed by atoms with Gasteiger partial charge in [-0.1, -0.05) is 19.1 Å². The highest BCUT2D eigenvalue weighted by Gasteiger charge is 2.19. The maximum absolute atomic E-state index is 12.0. The van der Waals surface area contributed by atoms with Gasteiger partial charge in [-0.05, 0) is 25.0 Å². The summed E-state index contributed by atoms with van der Waals surface area (Å²) >= 11 is 0. The van der Waals surface area contributed by atoms with Crippen LogP contribution in [0.3, 0.4) is 0 Å². The fraction of sp³-hybridized carbons (Fsp3) is 0.500. The van der Waals surface area contributed by atoms with Crippen molar-refractivity contribution in [2.45, 2.75) is 24.7 Å². The van der Waals surface area contributed by atoms with Gasteiger partial charge in [-0.3, -0.25) is 4.79 Å². The largest absolute Gasteiger partial charge is 0.375 e. The van der Waals surface area contributed by atoms with Crippen molar-refractivity contribution in [3.8, 4) is 0 Å². The van der Waals surface area contributed by atoms with Crippen LogP contribution >= 0.6 is 0 Å². The molecule has 0 radical (unpaired) electrons. The van der Waals surface area contributed by atoms with E-state index >= 15 is 0 Å². The van der Waals surface area contributed by atoms with Crippen LogP contribution in [0.5, 0.6) is 0 Å². The van der Waals surface area contributed by atoms with E-state index in [1.165, 1.54) is 0 Å². The molecule has 0 saturated carbocycles. The van der Waals surface area contributed by atoms with E-state index < -0.39 is 9.84 Å². The monoisotopic (exact) mass is 296 g/mol. The van der Waals surface area contributed by atoms with Crippen LogP contribution in [-0.2, 0) is 14.6 Å². The van der Waals surface area contributed by atoms with Gasteiger partial charge in [0.15, 0.2) is 9.84 Å². The molecule has 1 amide bonds. The molecule has 1 heterocycles. The zero-order valence-electron chi connectivity index (χ0n) is 11.6. The van der Waals surface area contributed by atoms with Crippen molar-refractivity contribution in [3.63, 3.8) is 0 Å². The molecule has 0 spiro atoms. The molecule has 0 bridgehead atoms. The summed E-state index contributed by atoms with van der Waals surface area (Å²) in [4.78, 5) is 14.0. The van der Waals surface area contributed by atoms with Gasteiger partial charge < -0.3 is 10.2 Å². The molecule has 6 heteroatoms. The van der Waals surface area contributed by atoms with Gasteiger partial charge >= 0.3 is 0 Å². The second-order valence-electron chi connectivity index (χ2n) is 4.84. The Hall–Kier alpha value is -1.56. The average molecular weight is 296 g/mol. The summed E-state index contributed by atoms with van der Waals surface area (Å²) < 4.78 is 24.0. The van der Waals surface area contributed by atoms with Crippen LogP contribution in [0.15, 0.2) is 29.2 Å². The Morgan fingerprint density at radius 3 is 2.55 bits per heavy atom. The summed E-state index contributed by atoms with van der Waals surface area (Å²) in [5.41, 5.74) is 0.502. The molecular weight excluding hydrogens is 276 g/mol. The number of amides is 1. The summed E-state index contributed by atoms with van der Waals surface area (Å²) in [6.07, 6.45) is 2.10. The van der Waals surface area contributed by atoms with Crippen molar-refractivity contribution < 1.29 is 13.2 Å². The minimum Gasteiger partial charge on any atom is -0.375 e. The van der Waals surface area contributed by atoms with Crippen LogP contribution in [-0.4, -0.2) is 44.6 Å². The van der Waals surface area contributed by atoms with E-state index in [2.05, 4.69) is 5.32 Å². The van der Waals surface area contributed by atoms with Gasteiger partial charge in [0.05, 0.1) is 22.9 Å². The summed E-state index contributed by atoms with van der Waals surface area (Å²) in [5, 5.41) is 2.96. The molecule has 5 nitrogen and oxygen atoms in total. The number of hydrogen-bond acceptors (Lipinski definition) is 4. The number of anilines is 1. The number of benzene rings is 1. The van der Waals surface area contributed by atoms with Crippen molar-refractivity contribution in [2.75, 3.05) is 30.7 Å². The lowest BCUT2D eigenvalue weighted by molar-refractivity contribution is -0.128. The molecule has 0 aliphatic carbocycles. The highest BCUT2D eigenvalue weighted by atomic mass is 32.2. The molecule has 0 aromatic heterocycles. The molecule has 110 valence electrons.